The highest BCUT2D eigenvalue weighted by Crippen LogP contribution is 2.34. The van der Waals surface area contributed by atoms with Crippen molar-refractivity contribution in [3.63, 3.8) is 0 Å². The van der Waals surface area contributed by atoms with E-state index in [-0.39, 0.29) is 17.2 Å². The molecule has 7 heteroatoms. The summed E-state index contributed by atoms with van der Waals surface area (Å²) >= 11 is 0. The zero-order valence-electron chi connectivity index (χ0n) is 18.0. The van der Waals surface area contributed by atoms with Crippen LogP contribution in [0.2, 0.25) is 0 Å². The summed E-state index contributed by atoms with van der Waals surface area (Å²) in [5, 5.41) is 7.77. The molecule has 0 spiro atoms. The molecule has 0 bridgehead atoms. The minimum Gasteiger partial charge on any atom is -0.349 e. The molecule has 4 heterocycles. The minimum absolute atomic E-state index is 0.130. The maximum Gasteiger partial charge on any atom is 0.314 e. The molecule has 0 aliphatic carbocycles. The van der Waals surface area contributed by atoms with Crippen LogP contribution >= 0.6 is 0 Å². The Hall–Kier alpha value is -3.22. The average Bonchev–Trinajstić information content (AvgIpc) is 3.16. The molecule has 2 amide bonds. The van der Waals surface area contributed by atoms with Crippen molar-refractivity contribution < 1.29 is 14.2 Å². The van der Waals surface area contributed by atoms with Gasteiger partial charge in [0.05, 0.1) is 5.56 Å². The monoisotopic (exact) mass is 404 g/mol. The van der Waals surface area contributed by atoms with E-state index in [4.69, 9.17) is 5.10 Å². The number of fused-ring (bicyclic) bond motifs is 5. The SMILES string of the molecule is Cc1cccc(-c2cc(C(C)(C)C)c3n(cc4[n+]3C3(C)C(=O)NCCN3C4=O)n2)c1. The largest absolute Gasteiger partial charge is 0.349 e. The number of aromatic nitrogens is 3. The highest BCUT2D eigenvalue weighted by molar-refractivity contribution is 5.99. The molecule has 5 rings (SSSR count). The number of carbonyl (C=O) groups excluding carboxylic acids is 2. The van der Waals surface area contributed by atoms with Crippen molar-refractivity contribution in [2.45, 2.75) is 45.7 Å². The molecule has 2 aliphatic rings. The molecular formula is C23H26N5O2+. The van der Waals surface area contributed by atoms with Crippen molar-refractivity contribution in [1.29, 1.82) is 0 Å². The van der Waals surface area contributed by atoms with Gasteiger partial charge in [0.15, 0.2) is 6.20 Å². The van der Waals surface area contributed by atoms with Gasteiger partial charge in [0, 0.05) is 25.6 Å². The number of rotatable bonds is 1. The summed E-state index contributed by atoms with van der Waals surface area (Å²) in [7, 11) is 0. The number of imidazole rings is 1. The molecule has 0 saturated carbocycles. The van der Waals surface area contributed by atoms with Gasteiger partial charge in [0.2, 0.25) is 5.69 Å². The number of hydrogen-bond donors (Lipinski definition) is 1. The van der Waals surface area contributed by atoms with E-state index in [9.17, 15) is 9.59 Å². The fourth-order valence-electron chi connectivity index (χ4n) is 4.66. The first kappa shape index (κ1) is 18.8. The highest BCUT2D eigenvalue weighted by atomic mass is 16.2. The first-order chi connectivity index (χ1) is 14.1. The van der Waals surface area contributed by atoms with Crippen LogP contribution in [0.4, 0.5) is 0 Å². The second kappa shape index (κ2) is 5.90. The fourth-order valence-corrected chi connectivity index (χ4v) is 4.66. The van der Waals surface area contributed by atoms with Crippen LogP contribution in [-0.4, -0.2) is 39.4 Å². The lowest BCUT2D eigenvalue weighted by Crippen LogP contribution is -2.71. The summed E-state index contributed by atoms with van der Waals surface area (Å²) in [4.78, 5) is 27.8. The zero-order chi connectivity index (χ0) is 21.4. The number of benzene rings is 1. The number of aryl methyl sites for hydroxylation is 1. The fraction of sp³-hybridized carbons (Fsp3) is 0.391. The Bertz CT molecular complexity index is 1240. The van der Waals surface area contributed by atoms with Crippen molar-refractivity contribution in [2.24, 2.45) is 0 Å². The molecule has 1 N–H and O–H groups in total. The summed E-state index contributed by atoms with van der Waals surface area (Å²) < 4.78 is 3.65. The Labute approximate surface area is 175 Å². The number of nitrogens with one attached hydrogen (secondary N) is 1. The molecule has 1 aromatic carbocycles. The van der Waals surface area contributed by atoms with E-state index in [1.165, 1.54) is 0 Å². The summed E-state index contributed by atoms with van der Waals surface area (Å²) in [5.41, 5.74) is 4.02. The van der Waals surface area contributed by atoms with E-state index in [2.05, 4.69) is 51.2 Å². The number of amides is 2. The van der Waals surface area contributed by atoms with Crippen molar-refractivity contribution in [1.82, 2.24) is 19.8 Å². The Kier molecular flexibility index (Phi) is 3.70. The molecule has 30 heavy (non-hydrogen) atoms. The maximum atomic E-state index is 13.2. The minimum atomic E-state index is -1.09. The predicted octanol–water partition coefficient (Wildman–Crippen LogP) is 2.15. The first-order valence-corrected chi connectivity index (χ1v) is 10.3. The van der Waals surface area contributed by atoms with Crippen LogP contribution in [0.1, 0.15) is 49.3 Å². The zero-order valence-corrected chi connectivity index (χ0v) is 18.0. The van der Waals surface area contributed by atoms with Gasteiger partial charge in [-0.1, -0.05) is 54.1 Å². The van der Waals surface area contributed by atoms with Crippen molar-refractivity contribution in [3.8, 4) is 11.3 Å². The van der Waals surface area contributed by atoms with Gasteiger partial charge in [0.1, 0.15) is 5.69 Å². The topological polar surface area (TPSA) is 70.6 Å². The first-order valence-electron chi connectivity index (χ1n) is 10.3. The molecule has 1 unspecified atom stereocenters. The number of nitrogens with zero attached hydrogens (tertiary/aromatic N) is 4. The van der Waals surface area contributed by atoms with E-state index in [1.807, 2.05) is 23.6 Å². The number of carbonyl (C=O) groups is 2. The number of piperazine rings is 1. The van der Waals surface area contributed by atoms with Crippen LogP contribution in [-0.2, 0) is 15.9 Å². The third-order valence-electron chi connectivity index (χ3n) is 6.25. The Morgan fingerprint density at radius 1 is 1.20 bits per heavy atom. The van der Waals surface area contributed by atoms with E-state index >= 15 is 0 Å². The van der Waals surface area contributed by atoms with Crippen molar-refractivity contribution >= 4 is 17.5 Å². The third-order valence-corrected chi connectivity index (χ3v) is 6.25. The average molecular weight is 404 g/mol. The standard InChI is InChI=1S/C23H25N5O2/c1-14-7-6-8-15(11-14)17-12-16(22(2,3)4)19-27(25-17)13-18-20(29)26-10-9-24-21(30)23(26,5)28(18)19/h6-8,11-13H,9-10H2,1-5H3/p+1. The van der Waals surface area contributed by atoms with Crippen molar-refractivity contribution in [2.75, 3.05) is 13.1 Å². The Balaban J connectivity index is 1.85. The molecular weight excluding hydrogens is 378 g/mol. The van der Waals surface area contributed by atoms with Crippen LogP contribution < -0.4 is 9.88 Å². The van der Waals surface area contributed by atoms with Gasteiger partial charge >= 0.3 is 11.6 Å². The van der Waals surface area contributed by atoms with Crippen LogP contribution in [0.5, 0.6) is 0 Å². The molecule has 1 saturated heterocycles. The van der Waals surface area contributed by atoms with Crippen LogP contribution in [0.15, 0.2) is 36.5 Å². The maximum absolute atomic E-state index is 13.2. The molecule has 2 aromatic heterocycles. The van der Waals surface area contributed by atoms with Crippen molar-refractivity contribution in [3.05, 3.63) is 53.3 Å². The molecule has 7 nitrogen and oxygen atoms in total. The van der Waals surface area contributed by atoms with Gasteiger partial charge in [-0.3, -0.25) is 14.5 Å². The molecule has 1 atom stereocenters. The Morgan fingerprint density at radius 2 is 1.97 bits per heavy atom. The summed E-state index contributed by atoms with van der Waals surface area (Å²) in [6.45, 7) is 11.3. The predicted molar refractivity (Wildman–Crippen MR) is 112 cm³/mol. The lowest BCUT2D eigenvalue weighted by Gasteiger charge is -2.35. The van der Waals surface area contributed by atoms with Gasteiger partial charge in [0.25, 0.3) is 11.6 Å². The highest BCUT2D eigenvalue weighted by Gasteiger charge is 2.60. The smallest absolute Gasteiger partial charge is 0.314 e. The summed E-state index contributed by atoms with van der Waals surface area (Å²) in [6.07, 6.45) is 1.77. The lowest BCUT2D eigenvalue weighted by atomic mass is 9.87. The normalized spacial score (nSPS) is 21.0. The Morgan fingerprint density at radius 3 is 2.67 bits per heavy atom. The van der Waals surface area contributed by atoms with Crippen LogP contribution in [0.25, 0.3) is 16.9 Å². The third kappa shape index (κ3) is 2.38. The summed E-state index contributed by atoms with van der Waals surface area (Å²) in [6, 6.07) is 10.3. The molecule has 1 fully saturated rings. The summed E-state index contributed by atoms with van der Waals surface area (Å²) in [5.74, 6) is -0.295. The quantitative estimate of drug-likeness (QED) is 0.632. The van der Waals surface area contributed by atoms with E-state index in [1.54, 1.807) is 15.6 Å². The van der Waals surface area contributed by atoms with E-state index < -0.39 is 5.66 Å². The van der Waals surface area contributed by atoms with E-state index in [0.717, 1.165) is 28.0 Å². The van der Waals surface area contributed by atoms with Gasteiger partial charge in [-0.2, -0.15) is 4.57 Å². The van der Waals surface area contributed by atoms with Gasteiger partial charge in [-0.25, -0.2) is 0 Å². The second-order valence-electron chi connectivity index (χ2n) is 9.41. The molecule has 2 aliphatic heterocycles. The second-order valence-corrected chi connectivity index (χ2v) is 9.41. The molecule has 154 valence electrons. The van der Waals surface area contributed by atoms with Gasteiger partial charge < -0.3 is 5.32 Å². The van der Waals surface area contributed by atoms with Crippen LogP contribution in [0, 0.1) is 6.92 Å². The van der Waals surface area contributed by atoms with Crippen LogP contribution in [0.3, 0.4) is 0 Å². The molecule has 0 radical (unpaired) electrons. The van der Waals surface area contributed by atoms with Gasteiger partial charge in [-0.15, -0.1) is 0 Å². The van der Waals surface area contributed by atoms with E-state index in [0.29, 0.717) is 18.8 Å². The lowest BCUT2D eigenvalue weighted by molar-refractivity contribution is -0.732. The number of hydrogen-bond acceptors (Lipinski definition) is 3. The molecule has 3 aromatic rings. The van der Waals surface area contributed by atoms with Gasteiger partial charge in [-0.05, 0) is 24.5 Å².